The van der Waals surface area contributed by atoms with E-state index in [4.69, 9.17) is 32.7 Å². The minimum Gasteiger partial charge on any atom is -0.490 e. The number of rotatable bonds is 7. The average molecular weight is 368 g/mol. The highest BCUT2D eigenvalue weighted by Gasteiger charge is 2.14. The lowest BCUT2D eigenvalue weighted by Crippen LogP contribution is -2.31. The Hall–Kier alpha value is -1.91. The minimum atomic E-state index is -0.256. The second-order valence-electron chi connectivity index (χ2n) is 5.12. The third kappa shape index (κ3) is 5.05. The van der Waals surface area contributed by atoms with Crippen molar-refractivity contribution in [1.82, 2.24) is 5.32 Å². The van der Waals surface area contributed by atoms with E-state index in [0.717, 1.165) is 5.56 Å². The smallest absolute Gasteiger partial charge is 0.258 e. The molecule has 128 valence electrons. The Morgan fingerprint density at radius 3 is 2.42 bits per heavy atom. The first-order chi connectivity index (χ1) is 11.5. The summed E-state index contributed by atoms with van der Waals surface area (Å²) in [5.41, 5.74) is 0.795. The fraction of sp³-hybridized carbons (Fsp3) is 0.278. The lowest BCUT2D eigenvalue weighted by molar-refractivity contribution is -0.123. The van der Waals surface area contributed by atoms with Crippen molar-refractivity contribution in [3.05, 3.63) is 58.1 Å². The van der Waals surface area contributed by atoms with Crippen molar-refractivity contribution in [1.29, 1.82) is 0 Å². The van der Waals surface area contributed by atoms with Gasteiger partial charge in [-0.15, -0.1) is 0 Å². The molecule has 0 radical (unpaired) electrons. The summed E-state index contributed by atoms with van der Waals surface area (Å²) in [6, 6.07) is 12.2. The van der Waals surface area contributed by atoms with Crippen molar-refractivity contribution in [3.8, 4) is 11.5 Å². The van der Waals surface area contributed by atoms with Crippen LogP contribution in [0, 0.1) is 0 Å². The highest BCUT2D eigenvalue weighted by molar-refractivity contribution is 6.35. The SMILES string of the molecule is CCOc1ccccc1OCC(=O)N[C@H](C)c1ccc(Cl)cc1Cl. The quantitative estimate of drug-likeness (QED) is 0.774. The normalized spacial score (nSPS) is 11.7. The number of benzene rings is 2. The van der Waals surface area contributed by atoms with E-state index < -0.39 is 0 Å². The third-order valence-electron chi connectivity index (χ3n) is 3.31. The number of carbonyl (C=O) groups is 1. The molecule has 0 aromatic heterocycles. The third-order valence-corrected chi connectivity index (χ3v) is 3.88. The summed E-state index contributed by atoms with van der Waals surface area (Å²) in [6.45, 7) is 4.15. The maximum atomic E-state index is 12.1. The molecular weight excluding hydrogens is 349 g/mol. The molecule has 0 aliphatic heterocycles. The number of hydrogen-bond acceptors (Lipinski definition) is 3. The summed E-state index contributed by atoms with van der Waals surface area (Å²) in [4.78, 5) is 12.1. The van der Waals surface area contributed by atoms with Gasteiger partial charge in [-0.1, -0.05) is 41.4 Å². The van der Waals surface area contributed by atoms with Gasteiger partial charge in [0.2, 0.25) is 0 Å². The fourth-order valence-electron chi connectivity index (χ4n) is 2.20. The van der Waals surface area contributed by atoms with Gasteiger partial charge >= 0.3 is 0 Å². The van der Waals surface area contributed by atoms with Gasteiger partial charge < -0.3 is 14.8 Å². The Labute approximate surface area is 151 Å². The van der Waals surface area contributed by atoms with Gasteiger partial charge in [-0.2, -0.15) is 0 Å². The summed E-state index contributed by atoms with van der Waals surface area (Å²) in [6.07, 6.45) is 0. The predicted octanol–water partition coefficient (Wildman–Crippen LogP) is 4.65. The molecule has 6 heteroatoms. The van der Waals surface area contributed by atoms with E-state index in [1.54, 1.807) is 30.3 Å². The Morgan fingerprint density at radius 1 is 1.12 bits per heavy atom. The van der Waals surface area contributed by atoms with Crippen molar-refractivity contribution < 1.29 is 14.3 Å². The van der Waals surface area contributed by atoms with Gasteiger partial charge in [-0.25, -0.2) is 0 Å². The molecule has 0 heterocycles. The Bertz CT molecular complexity index is 706. The molecule has 1 atom stereocenters. The molecule has 2 rings (SSSR count). The van der Waals surface area contributed by atoms with E-state index in [2.05, 4.69) is 5.32 Å². The lowest BCUT2D eigenvalue weighted by Gasteiger charge is -2.17. The molecule has 0 unspecified atom stereocenters. The van der Waals surface area contributed by atoms with Crippen LogP contribution in [-0.2, 0) is 4.79 Å². The van der Waals surface area contributed by atoms with E-state index in [1.807, 2.05) is 26.0 Å². The zero-order valence-electron chi connectivity index (χ0n) is 13.5. The Balaban J connectivity index is 1.94. The maximum Gasteiger partial charge on any atom is 0.258 e. The first-order valence-electron chi connectivity index (χ1n) is 7.60. The topological polar surface area (TPSA) is 47.6 Å². The van der Waals surface area contributed by atoms with Crippen LogP contribution in [0.25, 0.3) is 0 Å². The van der Waals surface area contributed by atoms with Crippen LogP contribution in [0.5, 0.6) is 11.5 Å². The number of amides is 1. The van der Waals surface area contributed by atoms with Gasteiger partial charge in [-0.05, 0) is 43.7 Å². The van der Waals surface area contributed by atoms with Gasteiger partial charge in [-0.3, -0.25) is 4.79 Å². The average Bonchev–Trinajstić information content (AvgIpc) is 2.54. The standard InChI is InChI=1S/C18H19Cl2NO3/c1-3-23-16-6-4-5-7-17(16)24-11-18(22)21-12(2)14-9-8-13(19)10-15(14)20/h4-10,12H,3,11H2,1-2H3,(H,21,22)/t12-/m1/s1. The van der Waals surface area contributed by atoms with Gasteiger partial charge in [0.15, 0.2) is 18.1 Å². The van der Waals surface area contributed by atoms with E-state index in [0.29, 0.717) is 28.2 Å². The van der Waals surface area contributed by atoms with Crippen molar-refractivity contribution in [3.63, 3.8) is 0 Å². The summed E-state index contributed by atoms with van der Waals surface area (Å²) in [7, 11) is 0. The summed E-state index contributed by atoms with van der Waals surface area (Å²) in [5.74, 6) is 0.896. The molecule has 1 N–H and O–H groups in total. The second-order valence-corrected chi connectivity index (χ2v) is 5.97. The first-order valence-corrected chi connectivity index (χ1v) is 8.35. The Kier molecular flexibility index (Phi) is 6.76. The summed E-state index contributed by atoms with van der Waals surface area (Å²) >= 11 is 12.0. The van der Waals surface area contributed by atoms with Crippen LogP contribution in [0.3, 0.4) is 0 Å². The van der Waals surface area contributed by atoms with E-state index in [9.17, 15) is 4.79 Å². The minimum absolute atomic E-state index is 0.111. The molecule has 24 heavy (non-hydrogen) atoms. The number of hydrogen-bond donors (Lipinski definition) is 1. The number of ether oxygens (including phenoxy) is 2. The molecule has 0 saturated heterocycles. The molecule has 0 aliphatic rings. The first kappa shape index (κ1) is 18.4. The van der Waals surface area contributed by atoms with Gasteiger partial charge in [0.1, 0.15) is 0 Å². The fourth-order valence-corrected chi connectivity index (χ4v) is 2.77. The molecule has 0 spiro atoms. The molecule has 0 fully saturated rings. The highest BCUT2D eigenvalue weighted by atomic mass is 35.5. The number of para-hydroxylation sites is 2. The van der Waals surface area contributed by atoms with Gasteiger partial charge in [0.05, 0.1) is 12.6 Å². The lowest BCUT2D eigenvalue weighted by atomic mass is 10.1. The molecule has 2 aromatic carbocycles. The van der Waals surface area contributed by atoms with Gasteiger partial charge in [0, 0.05) is 10.0 Å². The molecule has 1 amide bonds. The van der Waals surface area contributed by atoms with E-state index >= 15 is 0 Å². The van der Waals surface area contributed by atoms with Crippen LogP contribution in [0.1, 0.15) is 25.5 Å². The van der Waals surface area contributed by atoms with Crippen molar-refractivity contribution >= 4 is 29.1 Å². The molecule has 0 bridgehead atoms. The Morgan fingerprint density at radius 2 is 1.79 bits per heavy atom. The molecule has 0 saturated carbocycles. The van der Waals surface area contributed by atoms with Crippen LogP contribution in [0.15, 0.2) is 42.5 Å². The van der Waals surface area contributed by atoms with Crippen LogP contribution in [0.2, 0.25) is 10.0 Å². The van der Waals surface area contributed by atoms with Crippen LogP contribution >= 0.6 is 23.2 Å². The molecule has 0 aliphatic carbocycles. The van der Waals surface area contributed by atoms with Crippen molar-refractivity contribution in [2.45, 2.75) is 19.9 Å². The monoisotopic (exact) mass is 367 g/mol. The maximum absolute atomic E-state index is 12.1. The van der Waals surface area contributed by atoms with E-state index in [-0.39, 0.29) is 18.6 Å². The predicted molar refractivity (Wildman–Crippen MR) is 96.1 cm³/mol. The zero-order valence-corrected chi connectivity index (χ0v) is 15.0. The molecule has 4 nitrogen and oxygen atoms in total. The van der Waals surface area contributed by atoms with Gasteiger partial charge in [0.25, 0.3) is 5.91 Å². The van der Waals surface area contributed by atoms with Crippen LogP contribution < -0.4 is 14.8 Å². The molecular formula is C18H19Cl2NO3. The largest absolute Gasteiger partial charge is 0.490 e. The second kappa shape index (κ2) is 8.81. The van der Waals surface area contributed by atoms with E-state index in [1.165, 1.54) is 0 Å². The molecule has 2 aromatic rings. The number of carbonyl (C=O) groups excluding carboxylic acids is 1. The van der Waals surface area contributed by atoms with Crippen LogP contribution in [-0.4, -0.2) is 19.1 Å². The zero-order chi connectivity index (χ0) is 17.5. The van der Waals surface area contributed by atoms with Crippen LogP contribution in [0.4, 0.5) is 0 Å². The highest BCUT2D eigenvalue weighted by Crippen LogP contribution is 2.27. The summed E-state index contributed by atoms with van der Waals surface area (Å²) in [5, 5.41) is 3.91. The number of nitrogens with one attached hydrogen (secondary N) is 1. The number of halogens is 2. The summed E-state index contributed by atoms with van der Waals surface area (Å²) < 4.78 is 11.0. The van der Waals surface area contributed by atoms with Crippen molar-refractivity contribution in [2.24, 2.45) is 0 Å². The van der Waals surface area contributed by atoms with Crippen molar-refractivity contribution in [2.75, 3.05) is 13.2 Å².